The van der Waals surface area contributed by atoms with E-state index >= 15 is 0 Å². The second-order valence-corrected chi connectivity index (χ2v) is 6.99. The Kier molecular flexibility index (Phi) is 6.46. The van der Waals surface area contributed by atoms with Crippen molar-refractivity contribution < 1.29 is 0 Å². The Labute approximate surface area is 141 Å². The largest absolute Gasteiger partial charge is 0.356 e. The van der Waals surface area contributed by atoms with Gasteiger partial charge in [-0.25, -0.2) is 0 Å². The summed E-state index contributed by atoms with van der Waals surface area (Å²) in [6, 6.07) is 8.61. The number of aliphatic imine (C=N–C) groups is 1. The number of hydrogen-bond donors (Lipinski definition) is 2. The molecule has 23 heavy (non-hydrogen) atoms. The summed E-state index contributed by atoms with van der Waals surface area (Å²) in [5.41, 5.74) is 3.20. The topological polar surface area (TPSA) is 39.7 Å². The van der Waals surface area contributed by atoms with Gasteiger partial charge in [0.15, 0.2) is 5.96 Å². The van der Waals surface area contributed by atoms with E-state index in [2.05, 4.69) is 65.8 Å². The van der Waals surface area contributed by atoms with Gasteiger partial charge in [-0.3, -0.25) is 4.99 Å². The summed E-state index contributed by atoms with van der Waals surface area (Å²) >= 11 is 0. The molecular formula is C19H32N4. The quantitative estimate of drug-likeness (QED) is 0.600. The average molecular weight is 316 g/mol. The third-order valence-electron chi connectivity index (χ3n) is 5.07. The molecule has 4 heteroatoms. The standard InChI is InChI=1S/C19H32N4/c1-5-19(11-8-12-19)15-22-18(20-2)21-13-16-9-6-7-10-17(16)14-23(3)4/h6-7,9-10H,5,8,11-15H2,1-4H3,(H2,20,21,22). The van der Waals surface area contributed by atoms with Gasteiger partial charge < -0.3 is 15.5 Å². The van der Waals surface area contributed by atoms with Crippen LogP contribution in [0.5, 0.6) is 0 Å². The van der Waals surface area contributed by atoms with E-state index in [1.54, 1.807) is 0 Å². The zero-order valence-corrected chi connectivity index (χ0v) is 15.2. The van der Waals surface area contributed by atoms with E-state index in [-0.39, 0.29) is 0 Å². The molecule has 1 fully saturated rings. The van der Waals surface area contributed by atoms with Crippen LogP contribution in [-0.2, 0) is 13.1 Å². The Morgan fingerprint density at radius 1 is 1.17 bits per heavy atom. The van der Waals surface area contributed by atoms with Crippen LogP contribution in [0.15, 0.2) is 29.3 Å². The molecule has 1 aliphatic carbocycles. The summed E-state index contributed by atoms with van der Waals surface area (Å²) in [7, 11) is 6.06. The van der Waals surface area contributed by atoms with Crippen molar-refractivity contribution in [3.8, 4) is 0 Å². The van der Waals surface area contributed by atoms with Gasteiger partial charge in [0.25, 0.3) is 0 Å². The molecule has 0 saturated heterocycles. The summed E-state index contributed by atoms with van der Waals surface area (Å²) in [5, 5.41) is 6.99. The van der Waals surface area contributed by atoms with E-state index in [0.717, 1.165) is 25.6 Å². The fourth-order valence-electron chi connectivity index (χ4n) is 3.23. The lowest BCUT2D eigenvalue weighted by Gasteiger charge is -2.41. The molecule has 0 bridgehead atoms. The van der Waals surface area contributed by atoms with Crippen LogP contribution >= 0.6 is 0 Å². The average Bonchev–Trinajstić information content (AvgIpc) is 2.50. The SMILES string of the molecule is CCC1(CNC(=NC)NCc2ccccc2CN(C)C)CCC1. The zero-order valence-electron chi connectivity index (χ0n) is 15.2. The molecule has 1 aromatic rings. The third kappa shape index (κ3) is 4.96. The molecule has 0 aliphatic heterocycles. The van der Waals surface area contributed by atoms with Crippen LogP contribution in [0.1, 0.15) is 43.7 Å². The molecule has 0 spiro atoms. The Morgan fingerprint density at radius 2 is 1.87 bits per heavy atom. The smallest absolute Gasteiger partial charge is 0.191 e. The number of hydrogen-bond acceptors (Lipinski definition) is 2. The van der Waals surface area contributed by atoms with Gasteiger partial charge in [0.1, 0.15) is 0 Å². The van der Waals surface area contributed by atoms with Crippen molar-refractivity contribution in [1.29, 1.82) is 0 Å². The minimum atomic E-state index is 0.500. The van der Waals surface area contributed by atoms with Gasteiger partial charge in [-0.2, -0.15) is 0 Å². The normalized spacial score (nSPS) is 17.0. The highest BCUT2D eigenvalue weighted by molar-refractivity contribution is 5.79. The lowest BCUT2D eigenvalue weighted by molar-refractivity contribution is 0.131. The first kappa shape index (κ1) is 17.8. The maximum atomic E-state index is 4.37. The van der Waals surface area contributed by atoms with Crippen LogP contribution in [0, 0.1) is 5.41 Å². The Bertz CT molecular complexity index is 512. The minimum absolute atomic E-state index is 0.500. The summed E-state index contributed by atoms with van der Waals surface area (Å²) in [5.74, 6) is 0.907. The molecule has 0 unspecified atom stereocenters. The van der Waals surface area contributed by atoms with Gasteiger partial charge >= 0.3 is 0 Å². The molecule has 4 nitrogen and oxygen atoms in total. The lowest BCUT2D eigenvalue weighted by atomic mass is 9.67. The molecule has 2 N–H and O–H groups in total. The second kappa shape index (κ2) is 8.34. The Morgan fingerprint density at radius 3 is 2.39 bits per heavy atom. The van der Waals surface area contributed by atoms with Crippen molar-refractivity contribution in [3.05, 3.63) is 35.4 Å². The van der Waals surface area contributed by atoms with Crippen molar-refractivity contribution in [3.63, 3.8) is 0 Å². The third-order valence-corrected chi connectivity index (χ3v) is 5.07. The summed E-state index contributed by atoms with van der Waals surface area (Å²) < 4.78 is 0. The van der Waals surface area contributed by atoms with Crippen molar-refractivity contribution in [2.75, 3.05) is 27.7 Å². The van der Waals surface area contributed by atoms with Gasteiger partial charge in [-0.05, 0) is 49.9 Å². The van der Waals surface area contributed by atoms with Crippen LogP contribution in [0.25, 0.3) is 0 Å². The van der Waals surface area contributed by atoms with E-state index in [1.807, 2.05) is 7.05 Å². The van der Waals surface area contributed by atoms with Crippen molar-refractivity contribution in [2.45, 2.75) is 45.7 Å². The summed E-state index contributed by atoms with van der Waals surface area (Å²) in [6.07, 6.45) is 5.32. The minimum Gasteiger partial charge on any atom is -0.356 e. The number of guanidine groups is 1. The molecular weight excluding hydrogens is 284 g/mol. The van der Waals surface area contributed by atoms with Gasteiger partial charge in [0.05, 0.1) is 0 Å². The van der Waals surface area contributed by atoms with Crippen LogP contribution in [0.4, 0.5) is 0 Å². The van der Waals surface area contributed by atoms with Crippen molar-refractivity contribution in [2.24, 2.45) is 10.4 Å². The first-order valence-electron chi connectivity index (χ1n) is 8.74. The van der Waals surface area contributed by atoms with Crippen LogP contribution < -0.4 is 10.6 Å². The number of nitrogens with zero attached hydrogens (tertiary/aromatic N) is 2. The first-order valence-corrected chi connectivity index (χ1v) is 8.74. The predicted molar refractivity (Wildman–Crippen MR) is 98.6 cm³/mol. The summed E-state index contributed by atoms with van der Waals surface area (Å²) in [6.45, 7) is 5.10. The van der Waals surface area contributed by atoms with Gasteiger partial charge in [0, 0.05) is 26.7 Å². The van der Waals surface area contributed by atoms with Crippen LogP contribution in [0.3, 0.4) is 0 Å². The first-order chi connectivity index (χ1) is 11.1. The van der Waals surface area contributed by atoms with E-state index in [0.29, 0.717) is 5.41 Å². The van der Waals surface area contributed by atoms with E-state index in [4.69, 9.17) is 0 Å². The molecule has 0 heterocycles. The monoisotopic (exact) mass is 316 g/mol. The van der Waals surface area contributed by atoms with E-state index in [9.17, 15) is 0 Å². The molecule has 0 radical (unpaired) electrons. The molecule has 1 saturated carbocycles. The van der Waals surface area contributed by atoms with Crippen LogP contribution in [-0.4, -0.2) is 38.5 Å². The molecule has 0 aromatic heterocycles. The van der Waals surface area contributed by atoms with Gasteiger partial charge in [-0.15, -0.1) is 0 Å². The molecule has 1 aliphatic rings. The summed E-state index contributed by atoms with van der Waals surface area (Å²) in [4.78, 5) is 6.58. The van der Waals surface area contributed by atoms with Crippen LogP contribution in [0.2, 0.25) is 0 Å². The number of nitrogens with one attached hydrogen (secondary N) is 2. The second-order valence-electron chi connectivity index (χ2n) is 6.99. The van der Waals surface area contributed by atoms with Gasteiger partial charge in [-0.1, -0.05) is 37.6 Å². The molecule has 0 amide bonds. The molecule has 1 aromatic carbocycles. The fraction of sp³-hybridized carbons (Fsp3) is 0.632. The number of benzene rings is 1. The highest BCUT2D eigenvalue weighted by atomic mass is 15.2. The number of rotatable bonds is 7. The van der Waals surface area contributed by atoms with E-state index in [1.165, 1.54) is 36.8 Å². The lowest BCUT2D eigenvalue weighted by Crippen LogP contribution is -2.46. The fourth-order valence-corrected chi connectivity index (χ4v) is 3.23. The zero-order chi connectivity index (χ0) is 16.7. The molecule has 0 atom stereocenters. The highest BCUT2D eigenvalue weighted by Crippen LogP contribution is 2.42. The Hall–Kier alpha value is -1.55. The predicted octanol–water partition coefficient (Wildman–Crippen LogP) is 2.99. The molecule has 128 valence electrons. The van der Waals surface area contributed by atoms with E-state index < -0.39 is 0 Å². The maximum Gasteiger partial charge on any atom is 0.191 e. The molecule has 2 rings (SSSR count). The van der Waals surface area contributed by atoms with Crippen molar-refractivity contribution >= 4 is 5.96 Å². The Balaban J connectivity index is 1.88. The van der Waals surface area contributed by atoms with Gasteiger partial charge in [0.2, 0.25) is 0 Å². The van der Waals surface area contributed by atoms with Crippen molar-refractivity contribution in [1.82, 2.24) is 15.5 Å². The maximum absolute atomic E-state index is 4.37. The highest BCUT2D eigenvalue weighted by Gasteiger charge is 2.34.